The topological polar surface area (TPSA) is 77.8 Å². The lowest BCUT2D eigenvalue weighted by Crippen LogP contribution is -2.29. The summed E-state index contributed by atoms with van der Waals surface area (Å²) in [5, 5.41) is 18.0. The summed E-state index contributed by atoms with van der Waals surface area (Å²) in [5.74, 6) is -0.512. The van der Waals surface area contributed by atoms with Gasteiger partial charge < -0.3 is 0 Å². The Morgan fingerprint density at radius 3 is 0.652 bits per heavy atom. The number of halogens is 2. The summed E-state index contributed by atoms with van der Waals surface area (Å²) in [6.45, 7) is 9.19. The summed E-state index contributed by atoms with van der Waals surface area (Å²) >= 11 is 0. The van der Waals surface area contributed by atoms with E-state index < -0.39 is 10.8 Å². The molecule has 518 valence electrons. The second kappa shape index (κ2) is 44.9. The largest absolute Gasteiger partial charge is 0.243 e. The molecule has 5 aromatic rings. The molecule has 0 unspecified atom stereocenters. The van der Waals surface area contributed by atoms with Gasteiger partial charge in [-0.05, 0) is 69.6 Å². The number of unbranched alkanes of at least 4 members (excludes halogenated alkanes) is 52. The Hall–Kier alpha value is -3.68. The number of hydrogen-bond donors (Lipinski definition) is 0. The molecule has 0 fully saturated rings. The Morgan fingerprint density at radius 2 is 0.446 bits per heavy atom. The van der Waals surface area contributed by atoms with Gasteiger partial charge in [0.2, 0.25) is 0 Å². The molecule has 6 nitrogen and oxygen atoms in total. The van der Waals surface area contributed by atoms with Crippen molar-refractivity contribution in [2.75, 3.05) is 0 Å². The Morgan fingerprint density at radius 1 is 0.250 bits per heavy atom. The Kier molecular flexibility index (Phi) is 37.0. The fourth-order valence-corrected chi connectivity index (χ4v) is 17.1. The van der Waals surface area contributed by atoms with E-state index in [0.29, 0.717) is 44.3 Å². The van der Waals surface area contributed by atoms with Gasteiger partial charge in [-0.25, -0.2) is 18.0 Å². The van der Waals surface area contributed by atoms with Crippen LogP contribution in [0, 0.1) is 11.6 Å². The molecule has 8 heteroatoms. The molecular weight excluding hydrogens is 1130 g/mol. The molecule has 0 spiro atoms. The SMILES string of the molecule is CCCCCCCCCCCCCCCCC1(CCCCCCCCCCCCCCCC)c2ccc3nonc3c2-c2c(F)c3c(c(F)c21)-c1c(ccc2nonc12)C3(CCCCCCCCCCCCCCCC)CCCCCCCCCCCCCCCC. The van der Waals surface area contributed by atoms with Crippen LogP contribution in [0.15, 0.2) is 33.5 Å². The Bertz CT molecular complexity index is 2480. The normalized spacial score (nSPS) is 13.7. The van der Waals surface area contributed by atoms with Crippen LogP contribution in [0.5, 0.6) is 0 Å². The molecule has 0 radical (unpaired) electrons. The zero-order valence-electron chi connectivity index (χ0n) is 60.1. The summed E-state index contributed by atoms with van der Waals surface area (Å²) in [6, 6.07) is 8.37. The predicted octanol–water partition coefficient (Wildman–Crippen LogP) is 29.1. The molecule has 0 bridgehead atoms. The zero-order valence-corrected chi connectivity index (χ0v) is 60.1. The van der Waals surface area contributed by atoms with Crippen LogP contribution in [0.2, 0.25) is 0 Å². The Balaban J connectivity index is 1.15. The van der Waals surface area contributed by atoms with E-state index >= 15 is 8.78 Å². The van der Waals surface area contributed by atoms with E-state index in [4.69, 9.17) is 9.26 Å². The van der Waals surface area contributed by atoms with Gasteiger partial charge in [0.05, 0.1) is 0 Å². The second-order valence-corrected chi connectivity index (χ2v) is 29.9. The third-order valence-electron chi connectivity index (χ3n) is 22.6. The quantitative estimate of drug-likeness (QED) is 0.0361. The van der Waals surface area contributed by atoms with Gasteiger partial charge in [-0.2, -0.15) is 0 Å². The number of benzene rings is 3. The van der Waals surface area contributed by atoms with Crippen LogP contribution in [-0.2, 0) is 10.8 Å². The molecule has 92 heavy (non-hydrogen) atoms. The van der Waals surface area contributed by atoms with Crippen LogP contribution in [0.25, 0.3) is 44.3 Å². The van der Waals surface area contributed by atoms with Crippen molar-refractivity contribution in [3.63, 3.8) is 0 Å². The number of rotatable bonds is 60. The summed E-state index contributed by atoms with van der Waals surface area (Å²) in [6.07, 6.45) is 74.8. The molecule has 2 aromatic heterocycles. The Labute approximate surface area is 562 Å². The maximum atomic E-state index is 19.8. The lowest BCUT2D eigenvalue weighted by Gasteiger charge is -2.35. The average Bonchev–Trinajstić information content (AvgIpc) is 1.50. The fourth-order valence-electron chi connectivity index (χ4n) is 17.1. The van der Waals surface area contributed by atoms with Crippen molar-refractivity contribution >= 4 is 22.1 Å². The second-order valence-electron chi connectivity index (χ2n) is 29.9. The van der Waals surface area contributed by atoms with Gasteiger partial charge in [0.15, 0.2) is 0 Å². The standard InChI is InChI=1S/C84H136F2N4O2/c1-5-9-13-17-21-25-29-33-37-41-45-49-53-57-65-83(66-58-54-50-46-42-38-34-30-26-22-18-14-10-6-2)69-61-63-71-81(89-91-87-71)73(69)75-77(83)79(85)76-74-70(62-64-72-82(74)90-92-88-72)84(78(76)80(75)86,67-59-55-51-47-43-39-35-31-27-23-19-15-11-7-3)68-60-56-52-48-44-40-36-32-28-24-20-16-12-8-4/h61-64H,5-60,65-68H2,1-4H3. The van der Waals surface area contributed by atoms with Gasteiger partial charge in [0, 0.05) is 44.2 Å². The van der Waals surface area contributed by atoms with Crippen LogP contribution < -0.4 is 0 Å². The lowest BCUT2D eigenvalue weighted by atomic mass is 9.68. The van der Waals surface area contributed by atoms with Crippen LogP contribution in [0.4, 0.5) is 8.78 Å². The van der Waals surface area contributed by atoms with E-state index in [0.717, 1.165) is 99.3 Å². The van der Waals surface area contributed by atoms with E-state index in [2.05, 4.69) is 60.5 Å². The summed E-state index contributed by atoms with van der Waals surface area (Å²) in [7, 11) is 0. The van der Waals surface area contributed by atoms with Gasteiger partial charge in [0.1, 0.15) is 33.7 Å². The van der Waals surface area contributed by atoms with Crippen LogP contribution in [-0.4, -0.2) is 20.6 Å². The highest BCUT2D eigenvalue weighted by Crippen LogP contribution is 2.65. The molecule has 0 amide bonds. The van der Waals surface area contributed by atoms with E-state index in [9.17, 15) is 0 Å². The van der Waals surface area contributed by atoms with Crippen molar-refractivity contribution < 1.29 is 18.0 Å². The minimum atomic E-state index is -0.739. The van der Waals surface area contributed by atoms with Crippen LogP contribution in [0.1, 0.15) is 435 Å². The van der Waals surface area contributed by atoms with Gasteiger partial charge in [-0.3, -0.25) is 0 Å². The summed E-state index contributed by atoms with van der Waals surface area (Å²) in [5.41, 5.74) is 6.31. The molecule has 0 aliphatic heterocycles. The van der Waals surface area contributed by atoms with Crippen molar-refractivity contribution in [1.29, 1.82) is 0 Å². The predicted molar refractivity (Wildman–Crippen MR) is 389 cm³/mol. The molecule has 0 N–H and O–H groups in total. The first-order chi connectivity index (χ1) is 45.5. The molecular formula is C84H136F2N4O2. The number of aromatic nitrogens is 4. The van der Waals surface area contributed by atoms with Gasteiger partial charge >= 0.3 is 0 Å². The first kappa shape index (κ1) is 75.7. The highest BCUT2D eigenvalue weighted by Gasteiger charge is 2.54. The van der Waals surface area contributed by atoms with Crippen molar-refractivity contribution in [3.05, 3.63) is 58.2 Å². The van der Waals surface area contributed by atoms with Gasteiger partial charge in [-0.15, -0.1) is 0 Å². The third kappa shape index (κ3) is 22.7. The van der Waals surface area contributed by atoms with E-state index in [-0.39, 0.29) is 11.6 Å². The van der Waals surface area contributed by atoms with E-state index in [1.165, 1.54) is 308 Å². The smallest absolute Gasteiger partial charge is 0.143 e. The van der Waals surface area contributed by atoms with Crippen molar-refractivity contribution in [3.8, 4) is 22.3 Å². The van der Waals surface area contributed by atoms with Crippen molar-refractivity contribution in [2.45, 2.75) is 424 Å². The summed E-state index contributed by atoms with van der Waals surface area (Å²) < 4.78 is 50.7. The van der Waals surface area contributed by atoms with Gasteiger partial charge in [-0.1, -0.05) is 399 Å². The highest BCUT2D eigenvalue weighted by atomic mass is 19.1. The van der Waals surface area contributed by atoms with E-state index in [1.807, 2.05) is 12.1 Å². The minimum absolute atomic E-state index is 0.256. The molecule has 7 rings (SSSR count). The lowest BCUT2D eigenvalue weighted by molar-refractivity contribution is 0.315. The molecule has 2 heterocycles. The minimum Gasteiger partial charge on any atom is -0.243 e. The monoisotopic (exact) mass is 1270 g/mol. The molecule has 3 aromatic carbocycles. The zero-order chi connectivity index (χ0) is 64.6. The summed E-state index contributed by atoms with van der Waals surface area (Å²) in [4.78, 5) is 0. The molecule has 0 saturated heterocycles. The third-order valence-corrected chi connectivity index (χ3v) is 22.6. The molecule has 2 aliphatic rings. The van der Waals surface area contributed by atoms with Crippen LogP contribution >= 0.6 is 0 Å². The fraction of sp³-hybridized carbons (Fsp3) is 0.786. The number of nitrogens with zero attached hydrogens (tertiary/aromatic N) is 4. The maximum Gasteiger partial charge on any atom is 0.143 e. The highest BCUT2D eigenvalue weighted by molar-refractivity contribution is 6.04. The average molecular weight is 1270 g/mol. The van der Waals surface area contributed by atoms with Crippen molar-refractivity contribution in [1.82, 2.24) is 20.6 Å². The van der Waals surface area contributed by atoms with Crippen LogP contribution in [0.3, 0.4) is 0 Å². The first-order valence-electron chi connectivity index (χ1n) is 40.6. The first-order valence-corrected chi connectivity index (χ1v) is 40.6. The van der Waals surface area contributed by atoms with Crippen molar-refractivity contribution in [2.24, 2.45) is 0 Å². The molecule has 0 saturated carbocycles. The molecule has 0 atom stereocenters. The number of hydrogen-bond acceptors (Lipinski definition) is 6. The van der Waals surface area contributed by atoms with Gasteiger partial charge in [0.25, 0.3) is 0 Å². The molecule has 2 aliphatic carbocycles. The van der Waals surface area contributed by atoms with E-state index in [1.54, 1.807) is 0 Å². The maximum absolute atomic E-state index is 19.8. The number of fused-ring (bicyclic) bond motifs is 10.